The van der Waals surface area contributed by atoms with Gasteiger partial charge in [0.2, 0.25) is 5.91 Å². The summed E-state index contributed by atoms with van der Waals surface area (Å²) in [6.45, 7) is 4.13. The minimum Gasteiger partial charge on any atom is -0.382 e. The van der Waals surface area contributed by atoms with E-state index in [-0.39, 0.29) is 12.5 Å². The summed E-state index contributed by atoms with van der Waals surface area (Å²) >= 11 is 0. The van der Waals surface area contributed by atoms with Crippen LogP contribution in [0.3, 0.4) is 0 Å². The first-order valence-electron chi connectivity index (χ1n) is 6.01. The number of rotatable bonds is 5. The predicted molar refractivity (Wildman–Crippen MR) is 63.1 cm³/mol. The van der Waals surface area contributed by atoms with Gasteiger partial charge in [-0.1, -0.05) is 5.16 Å². The van der Waals surface area contributed by atoms with Crippen LogP contribution in [-0.4, -0.2) is 49.4 Å². The van der Waals surface area contributed by atoms with Gasteiger partial charge >= 0.3 is 0 Å². The van der Waals surface area contributed by atoms with E-state index in [1.165, 1.54) is 0 Å². The van der Waals surface area contributed by atoms with Gasteiger partial charge in [0.1, 0.15) is 6.61 Å². The summed E-state index contributed by atoms with van der Waals surface area (Å²) in [5.41, 5.74) is 2.06. The van der Waals surface area contributed by atoms with Gasteiger partial charge in [-0.05, 0) is 13.3 Å². The van der Waals surface area contributed by atoms with E-state index in [4.69, 9.17) is 14.0 Å². The molecule has 6 heteroatoms. The van der Waals surface area contributed by atoms with E-state index in [2.05, 4.69) is 5.16 Å². The molecule has 0 unspecified atom stereocenters. The molecule has 0 N–H and O–H groups in total. The molecule has 0 saturated carbocycles. The van der Waals surface area contributed by atoms with Gasteiger partial charge in [-0.25, -0.2) is 0 Å². The second kappa shape index (κ2) is 5.97. The third-order valence-electron chi connectivity index (χ3n) is 3.04. The minimum atomic E-state index is -0.0224. The average molecular weight is 254 g/mol. The minimum absolute atomic E-state index is 0.0224. The Hall–Kier alpha value is -1.40. The molecule has 0 radical (unpaired) electrons. The van der Waals surface area contributed by atoms with Crippen LogP contribution in [0.4, 0.5) is 0 Å². The molecule has 100 valence electrons. The van der Waals surface area contributed by atoms with Crippen LogP contribution in [0.2, 0.25) is 0 Å². The van der Waals surface area contributed by atoms with Crippen molar-refractivity contribution in [2.75, 3.05) is 33.5 Å². The quantitative estimate of drug-likeness (QED) is 0.717. The highest BCUT2D eigenvalue weighted by atomic mass is 16.5. The van der Waals surface area contributed by atoms with Gasteiger partial charge < -0.3 is 18.9 Å². The van der Waals surface area contributed by atoms with Gasteiger partial charge in [0.05, 0.1) is 25.5 Å². The van der Waals surface area contributed by atoms with E-state index in [0.29, 0.717) is 26.3 Å². The van der Waals surface area contributed by atoms with E-state index in [1.54, 1.807) is 12.0 Å². The third-order valence-corrected chi connectivity index (χ3v) is 3.04. The Balaban J connectivity index is 1.83. The number of ether oxygens (including phenoxy) is 2. The molecule has 0 aliphatic carbocycles. The summed E-state index contributed by atoms with van der Waals surface area (Å²) in [6.07, 6.45) is 0.800. The van der Waals surface area contributed by atoms with Crippen LogP contribution < -0.4 is 0 Å². The maximum Gasteiger partial charge on any atom is 0.248 e. The van der Waals surface area contributed by atoms with Gasteiger partial charge in [-0.15, -0.1) is 0 Å². The van der Waals surface area contributed by atoms with Crippen LogP contribution in [0, 0.1) is 6.92 Å². The van der Waals surface area contributed by atoms with Crippen LogP contribution in [0.5, 0.6) is 0 Å². The van der Waals surface area contributed by atoms with Crippen LogP contribution in [0.1, 0.15) is 17.0 Å². The highest BCUT2D eigenvalue weighted by molar-refractivity contribution is 5.77. The topological polar surface area (TPSA) is 64.8 Å². The first kappa shape index (κ1) is 13.0. The van der Waals surface area contributed by atoms with E-state index in [1.807, 2.05) is 6.92 Å². The number of nitrogens with zero attached hydrogens (tertiary/aromatic N) is 2. The molecule has 1 aromatic heterocycles. The predicted octanol–water partition coefficient (Wildman–Crippen LogP) is 0.531. The molecule has 0 spiro atoms. The number of aromatic nitrogens is 1. The fraction of sp³-hybridized carbons (Fsp3) is 0.667. The van der Waals surface area contributed by atoms with Crippen molar-refractivity contribution in [2.24, 2.45) is 0 Å². The van der Waals surface area contributed by atoms with Crippen molar-refractivity contribution < 1.29 is 18.8 Å². The smallest absolute Gasteiger partial charge is 0.248 e. The molecule has 0 aromatic carbocycles. The molecule has 6 nitrogen and oxygen atoms in total. The third kappa shape index (κ3) is 2.88. The first-order valence-corrected chi connectivity index (χ1v) is 6.01. The Morgan fingerprint density at radius 3 is 3.11 bits per heavy atom. The van der Waals surface area contributed by atoms with E-state index >= 15 is 0 Å². The van der Waals surface area contributed by atoms with Crippen LogP contribution in [0.25, 0.3) is 0 Å². The molecule has 2 heterocycles. The molecule has 1 aliphatic rings. The SMILES string of the molecule is COCCOCC(=O)N1CCc2c(C)noc2C1. The Bertz CT molecular complexity index is 416. The Morgan fingerprint density at radius 2 is 2.33 bits per heavy atom. The van der Waals surface area contributed by atoms with Crippen molar-refractivity contribution in [3.05, 3.63) is 17.0 Å². The van der Waals surface area contributed by atoms with Crippen LogP contribution in [-0.2, 0) is 27.2 Å². The Morgan fingerprint density at radius 1 is 1.50 bits per heavy atom. The molecule has 1 aliphatic heterocycles. The summed E-state index contributed by atoms with van der Waals surface area (Å²) < 4.78 is 15.3. The molecule has 18 heavy (non-hydrogen) atoms. The van der Waals surface area contributed by atoms with Crippen LogP contribution >= 0.6 is 0 Å². The first-order chi connectivity index (χ1) is 8.72. The van der Waals surface area contributed by atoms with Gasteiger partial charge in [0.25, 0.3) is 0 Å². The number of amides is 1. The maximum atomic E-state index is 11.9. The summed E-state index contributed by atoms with van der Waals surface area (Å²) in [6, 6.07) is 0. The second-order valence-electron chi connectivity index (χ2n) is 4.28. The maximum absolute atomic E-state index is 11.9. The number of hydrogen-bond acceptors (Lipinski definition) is 5. The van der Waals surface area contributed by atoms with Gasteiger partial charge in [-0.2, -0.15) is 0 Å². The van der Waals surface area contributed by atoms with Crippen molar-refractivity contribution in [3.8, 4) is 0 Å². The van der Waals surface area contributed by atoms with Crippen molar-refractivity contribution in [3.63, 3.8) is 0 Å². The molecule has 0 fully saturated rings. The Labute approximate surface area is 106 Å². The molecule has 1 aromatic rings. The van der Waals surface area contributed by atoms with Gasteiger partial charge in [0, 0.05) is 19.2 Å². The Kier molecular flexibility index (Phi) is 4.33. The molecular weight excluding hydrogens is 236 g/mol. The van der Waals surface area contributed by atoms with E-state index in [9.17, 15) is 4.79 Å². The van der Waals surface area contributed by atoms with Gasteiger partial charge in [-0.3, -0.25) is 4.79 Å². The molecule has 0 bridgehead atoms. The number of hydrogen-bond donors (Lipinski definition) is 0. The second-order valence-corrected chi connectivity index (χ2v) is 4.28. The molecule has 2 rings (SSSR count). The molecule has 0 atom stereocenters. The lowest BCUT2D eigenvalue weighted by Gasteiger charge is -2.25. The van der Waals surface area contributed by atoms with Crippen molar-refractivity contribution in [2.45, 2.75) is 19.9 Å². The number of methoxy groups -OCH3 is 1. The van der Waals surface area contributed by atoms with Crippen molar-refractivity contribution in [1.29, 1.82) is 0 Å². The summed E-state index contributed by atoms with van der Waals surface area (Å²) in [5, 5.41) is 3.92. The fourth-order valence-electron chi connectivity index (χ4n) is 1.99. The summed E-state index contributed by atoms with van der Waals surface area (Å²) in [7, 11) is 1.60. The largest absolute Gasteiger partial charge is 0.382 e. The lowest BCUT2D eigenvalue weighted by atomic mass is 10.1. The fourth-order valence-corrected chi connectivity index (χ4v) is 1.99. The van der Waals surface area contributed by atoms with E-state index < -0.39 is 0 Å². The molecule has 0 saturated heterocycles. The lowest BCUT2D eigenvalue weighted by Crippen LogP contribution is -2.38. The number of carbonyl (C=O) groups is 1. The number of aryl methyl sites for hydroxylation is 1. The highest BCUT2D eigenvalue weighted by Crippen LogP contribution is 2.21. The number of fused-ring (bicyclic) bond motifs is 1. The molecular formula is C12H18N2O4. The average Bonchev–Trinajstić information content (AvgIpc) is 2.76. The monoisotopic (exact) mass is 254 g/mol. The lowest BCUT2D eigenvalue weighted by molar-refractivity contribution is -0.137. The van der Waals surface area contributed by atoms with Gasteiger partial charge in [0.15, 0.2) is 5.76 Å². The summed E-state index contributed by atoms with van der Waals surface area (Å²) in [4.78, 5) is 13.6. The summed E-state index contributed by atoms with van der Waals surface area (Å²) in [5.74, 6) is 0.773. The van der Waals surface area contributed by atoms with Crippen molar-refractivity contribution >= 4 is 5.91 Å². The zero-order chi connectivity index (χ0) is 13.0. The number of carbonyl (C=O) groups excluding carboxylic acids is 1. The zero-order valence-corrected chi connectivity index (χ0v) is 10.8. The zero-order valence-electron chi connectivity index (χ0n) is 10.8. The van der Waals surface area contributed by atoms with Crippen molar-refractivity contribution in [1.82, 2.24) is 10.1 Å². The normalized spacial score (nSPS) is 14.7. The highest BCUT2D eigenvalue weighted by Gasteiger charge is 2.25. The van der Waals surface area contributed by atoms with E-state index in [0.717, 1.165) is 23.4 Å². The standard InChI is InChI=1S/C12H18N2O4/c1-9-10-3-4-14(7-11(10)18-13-9)12(15)8-17-6-5-16-2/h3-8H2,1-2H3. The van der Waals surface area contributed by atoms with Crippen LogP contribution in [0.15, 0.2) is 4.52 Å². The molecule has 1 amide bonds.